The highest BCUT2D eigenvalue weighted by molar-refractivity contribution is 6.33. The van der Waals surface area contributed by atoms with Crippen LogP contribution in [-0.2, 0) is 4.79 Å². The van der Waals surface area contributed by atoms with E-state index in [1.807, 2.05) is 20.8 Å². The number of hydrogen-bond acceptors (Lipinski definition) is 2. The fraction of sp³-hybridized carbons (Fsp3) is 0.467. The molecule has 0 aliphatic heterocycles. The summed E-state index contributed by atoms with van der Waals surface area (Å²) < 4.78 is 0. The van der Waals surface area contributed by atoms with Gasteiger partial charge in [0.1, 0.15) is 0 Å². The van der Waals surface area contributed by atoms with Gasteiger partial charge in [-0.05, 0) is 24.0 Å². The van der Waals surface area contributed by atoms with Gasteiger partial charge in [0, 0.05) is 6.54 Å². The standard InChI is InChI=1S/C15H20ClNO3/c1-15(2,3)8-10(14(19)20)9-17-13(18)11-6-4-5-7-12(11)16/h4-7,10H,8-9H2,1-3H3,(H,17,18)(H,19,20). The highest BCUT2D eigenvalue weighted by Gasteiger charge is 2.25. The first-order chi connectivity index (χ1) is 9.20. The molecule has 1 aromatic carbocycles. The van der Waals surface area contributed by atoms with Crippen molar-refractivity contribution >= 4 is 23.5 Å². The number of carboxylic acids is 1. The Morgan fingerprint density at radius 3 is 2.40 bits per heavy atom. The maximum absolute atomic E-state index is 12.0. The largest absolute Gasteiger partial charge is 0.481 e. The molecule has 1 atom stereocenters. The molecule has 110 valence electrons. The van der Waals surface area contributed by atoms with E-state index < -0.39 is 11.9 Å². The topological polar surface area (TPSA) is 66.4 Å². The Bertz CT molecular complexity index is 494. The Hall–Kier alpha value is -1.55. The van der Waals surface area contributed by atoms with Crippen LogP contribution in [0.4, 0.5) is 0 Å². The first kappa shape index (κ1) is 16.5. The second kappa shape index (κ2) is 6.75. The molecule has 0 radical (unpaired) electrons. The fourth-order valence-electron chi connectivity index (χ4n) is 1.94. The molecule has 5 heteroatoms. The molecule has 0 aliphatic carbocycles. The SMILES string of the molecule is CC(C)(C)CC(CNC(=O)c1ccccc1Cl)C(=O)O. The molecule has 20 heavy (non-hydrogen) atoms. The molecule has 1 unspecified atom stereocenters. The van der Waals surface area contributed by atoms with Crippen LogP contribution in [0.5, 0.6) is 0 Å². The number of benzene rings is 1. The monoisotopic (exact) mass is 297 g/mol. The van der Waals surface area contributed by atoms with Crippen molar-refractivity contribution in [2.24, 2.45) is 11.3 Å². The van der Waals surface area contributed by atoms with Crippen LogP contribution in [0.1, 0.15) is 37.6 Å². The summed E-state index contributed by atoms with van der Waals surface area (Å²) in [4.78, 5) is 23.2. The molecule has 0 aromatic heterocycles. The van der Waals surface area contributed by atoms with Crippen molar-refractivity contribution in [3.8, 4) is 0 Å². The Morgan fingerprint density at radius 1 is 1.30 bits per heavy atom. The highest BCUT2D eigenvalue weighted by atomic mass is 35.5. The van der Waals surface area contributed by atoms with Crippen molar-refractivity contribution in [2.45, 2.75) is 27.2 Å². The fourth-order valence-corrected chi connectivity index (χ4v) is 2.16. The second-order valence-electron chi connectivity index (χ2n) is 5.99. The number of aliphatic carboxylic acids is 1. The minimum atomic E-state index is -0.903. The third kappa shape index (κ3) is 5.21. The lowest BCUT2D eigenvalue weighted by atomic mass is 9.84. The first-order valence-electron chi connectivity index (χ1n) is 6.46. The van der Waals surface area contributed by atoms with E-state index in [9.17, 15) is 14.7 Å². The van der Waals surface area contributed by atoms with Gasteiger partial charge in [0.15, 0.2) is 0 Å². The van der Waals surface area contributed by atoms with Crippen molar-refractivity contribution < 1.29 is 14.7 Å². The minimum Gasteiger partial charge on any atom is -0.481 e. The summed E-state index contributed by atoms with van der Waals surface area (Å²) in [5.41, 5.74) is 0.243. The Labute approximate surface area is 124 Å². The van der Waals surface area contributed by atoms with Crippen LogP contribution in [0.3, 0.4) is 0 Å². The third-order valence-electron chi connectivity index (χ3n) is 2.84. The molecule has 1 aromatic rings. The number of carbonyl (C=O) groups excluding carboxylic acids is 1. The summed E-state index contributed by atoms with van der Waals surface area (Å²) in [6, 6.07) is 6.68. The average molecular weight is 298 g/mol. The van der Waals surface area contributed by atoms with E-state index >= 15 is 0 Å². The lowest BCUT2D eigenvalue weighted by Gasteiger charge is -2.23. The molecular weight excluding hydrogens is 278 g/mol. The average Bonchev–Trinajstić information content (AvgIpc) is 2.33. The van der Waals surface area contributed by atoms with Crippen LogP contribution in [0, 0.1) is 11.3 Å². The van der Waals surface area contributed by atoms with E-state index in [2.05, 4.69) is 5.32 Å². The number of amides is 1. The van der Waals surface area contributed by atoms with Crippen LogP contribution < -0.4 is 5.32 Å². The number of nitrogens with one attached hydrogen (secondary N) is 1. The molecule has 1 amide bonds. The van der Waals surface area contributed by atoms with Crippen LogP contribution in [0.25, 0.3) is 0 Å². The van der Waals surface area contributed by atoms with Crippen molar-refractivity contribution in [2.75, 3.05) is 6.54 Å². The van der Waals surface area contributed by atoms with Crippen LogP contribution in [0.15, 0.2) is 24.3 Å². The van der Waals surface area contributed by atoms with E-state index in [4.69, 9.17) is 11.6 Å². The van der Waals surface area contributed by atoms with Gasteiger partial charge in [-0.3, -0.25) is 9.59 Å². The minimum absolute atomic E-state index is 0.0939. The van der Waals surface area contributed by atoms with Crippen LogP contribution in [0.2, 0.25) is 5.02 Å². The number of rotatable bonds is 5. The zero-order valence-corrected chi connectivity index (χ0v) is 12.7. The van der Waals surface area contributed by atoms with E-state index in [0.29, 0.717) is 17.0 Å². The summed E-state index contributed by atoms with van der Waals surface area (Å²) in [6.45, 7) is 6.01. The third-order valence-corrected chi connectivity index (χ3v) is 3.17. The van der Waals surface area contributed by atoms with E-state index in [1.54, 1.807) is 24.3 Å². The molecule has 0 heterocycles. The van der Waals surface area contributed by atoms with Crippen molar-refractivity contribution in [1.82, 2.24) is 5.32 Å². The van der Waals surface area contributed by atoms with Gasteiger partial charge >= 0.3 is 5.97 Å². The van der Waals surface area contributed by atoms with Gasteiger partial charge in [0.25, 0.3) is 5.91 Å². The summed E-state index contributed by atoms with van der Waals surface area (Å²) in [5.74, 6) is -1.86. The summed E-state index contributed by atoms with van der Waals surface area (Å²) >= 11 is 5.93. The van der Waals surface area contributed by atoms with Crippen LogP contribution in [-0.4, -0.2) is 23.5 Å². The predicted molar refractivity (Wildman–Crippen MR) is 79.0 cm³/mol. The molecule has 4 nitrogen and oxygen atoms in total. The number of hydrogen-bond donors (Lipinski definition) is 2. The van der Waals surface area contributed by atoms with E-state index in [0.717, 1.165) is 0 Å². The van der Waals surface area contributed by atoms with E-state index in [1.165, 1.54) is 0 Å². The molecule has 1 rings (SSSR count). The molecule has 0 saturated heterocycles. The first-order valence-corrected chi connectivity index (χ1v) is 6.84. The van der Waals surface area contributed by atoms with Gasteiger partial charge in [-0.2, -0.15) is 0 Å². The Balaban J connectivity index is 2.67. The van der Waals surface area contributed by atoms with Gasteiger partial charge in [-0.15, -0.1) is 0 Å². The number of halogens is 1. The zero-order chi connectivity index (χ0) is 15.3. The van der Waals surface area contributed by atoms with Gasteiger partial charge in [-0.25, -0.2) is 0 Å². The van der Waals surface area contributed by atoms with Gasteiger partial charge in [0.05, 0.1) is 16.5 Å². The van der Waals surface area contributed by atoms with E-state index in [-0.39, 0.29) is 17.9 Å². The number of carboxylic acid groups (broad SMARTS) is 1. The molecule has 2 N–H and O–H groups in total. The van der Waals surface area contributed by atoms with Gasteiger partial charge in [0.2, 0.25) is 0 Å². The Kier molecular flexibility index (Phi) is 5.57. The van der Waals surface area contributed by atoms with Crippen molar-refractivity contribution in [1.29, 1.82) is 0 Å². The van der Waals surface area contributed by atoms with Crippen LogP contribution >= 0.6 is 11.6 Å². The van der Waals surface area contributed by atoms with Crippen molar-refractivity contribution in [3.05, 3.63) is 34.9 Å². The quantitative estimate of drug-likeness (QED) is 0.877. The summed E-state index contributed by atoms with van der Waals surface area (Å²) in [5, 5.41) is 12.2. The molecular formula is C15H20ClNO3. The summed E-state index contributed by atoms with van der Waals surface area (Å²) in [6.07, 6.45) is 0.491. The maximum Gasteiger partial charge on any atom is 0.308 e. The molecule has 0 saturated carbocycles. The predicted octanol–water partition coefficient (Wildman–Crippen LogP) is 3.21. The molecule has 0 fully saturated rings. The summed E-state index contributed by atoms with van der Waals surface area (Å²) in [7, 11) is 0. The lowest BCUT2D eigenvalue weighted by Crippen LogP contribution is -2.35. The van der Waals surface area contributed by atoms with Gasteiger partial charge in [-0.1, -0.05) is 44.5 Å². The molecule has 0 spiro atoms. The molecule has 0 aliphatic rings. The number of carbonyl (C=O) groups is 2. The zero-order valence-electron chi connectivity index (χ0n) is 11.9. The molecule has 0 bridgehead atoms. The maximum atomic E-state index is 12.0. The lowest BCUT2D eigenvalue weighted by molar-refractivity contribution is -0.142. The smallest absolute Gasteiger partial charge is 0.308 e. The highest BCUT2D eigenvalue weighted by Crippen LogP contribution is 2.24. The van der Waals surface area contributed by atoms with Gasteiger partial charge < -0.3 is 10.4 Å². The Morgan fingerprint density at radius 2 is 1.90 bits per heavy atom. The van der Waals surface area contributed by atoms with Crippen molar-refractivity contribution in [3.63, 3.8) is 0 Å². The normalized spacial score (nSPS) is 12.8. The second-order valence-corrected chi connectivity index (χ2v) is 6.40.